The second kappa shape index (κ2) is 10.9. The molecule has 1 amide bonds. The number of hydrogen-bond acceptors (Lipinski definition) is 4. The van der Waals surface area contributed by atoms with Crippen molar-refractivity contribution < 1.29 is 9.53 Å². The van der Waals surface area contributed by atoms with Crippen LogP contribution in [0, 0.1) is 0 Å². The largest absolute Gasteiger partial charge is 0.383 e. The van der Waals surface area contributed by atoms with E-state index in [4.69, 9.17) is 16.3 Å². The van der Waals surface area contributed by atoms with Gasteiger partial charge in [0, 0.05) is 43.9 Å². The first-order chi connectivity index (χ1) is 12.6. The molecule has 1 aliphatic heterocycles. The fourth-order valence-electron chi connectivity index (χ4n) is 3.57. The van der Waals surface area contributed by atoms with Crippen LogP contribution in [0.25, 0.3) is 0 Å². The molecule has 2 rings (SSSR count). The molecule has 1 aromatic carbocycles. The van der Waals surface area contributed by atoms with Crippen LogP contribution in [0.1, 0.15) is 38.7 Å². The van der Waals surface area contributed by atoms with Crippen LogP contribution in [-0.2, 0) is 16.1 Å². The Hall–Kier alpha value is -1.14. The van der Waals surface area contributed by atoms with Crippen LogP contribution >= 0.6 is 11.6 Å². The zero-order valence-corrected chi connectivity index (χ0v) is 16.9. The lowest BCUT2D eigenvalue weighted by Gasteiger charge is -2.24. The Morgan fingerprint density at radius 3 is 2.73 bits per heavy atom. The van der Waals surface area contributed by atoms with Crippen LogP contribution in [-0.4, -0.2) is 55.7 Å². The standard InChI is InChI=1S/C20H32ClN3O2/c1-4-16(5-2)23-17-12-19(20(25)22-10-11-26-3)24(14-17)13-15-8-6-7-9-18(15)21/h6-9,16-17,19,23H,4-5,10-14H2,1-3H3,(H,22,25)/t17-,19-/m0/s1. The first kappa shape index (κ1) is 21.2. The van der Waals surface area contributed by atoms with Gasteiger partial charge in [-0.2, -0.15) is 0 Å². The SMILES string of the molecule is CCC(CC)N[C@H]1C[C@@H](C(=O)NCCOC)N(Cc2ccccc2Cl)C1. The summed E-state index contributed by atoms with van der Waals surface area (Å²) in [5.74, 6) is 0.0722. The lowest BCUT2D eigenvalue weighted by Crippen LogP contribution is -2.43. The molecule has 0 spiro atoms. The third-order valence-corrected chi connectivity index (χ3v) is 5.47. The number of hydrogen-bond donors (Lipinski definition) is 2. The zero-order valence-electron chi connectivity index (χ0n) is 16.1. The van der Waals surface area contributed by atoms with E-state index in [-0.39, 0.29) is 11.9 Å². The smallest absolute Gasteiger partial charge is 0.237 e. The maximum Gasteiger partial charge on any atom is 0.237 e. The van der Waals surface area contributed by atoms with Crippen LogP contribution in [0.15, 0.2) is 24.3 Å². The molecule has 146 valence electrons. The molecule has 1 saturated heterocycles. The minimum atomic E-state index is -0.144. The quantitative estimate of drug-likeness (QED) is 0.612. The highest BCUT2D eigenvalue weighted by Gasteiger charge is 2.37. The lowest BCUT2D eigenvalue weighted by molar-refractivity contribution is -0.125. The number of amides is 1. The number of likely N-dealkylation sites (tertiary alicyclic amines) is 1. The van der Waals surface area contributed by atoms with Crippen LogP contribution < -0.4 is 10.6 Å². The van der Waals surface area contributed by atoms with E-state index >= 15 is 0 Å². The van der Waals surface area contributed by atoms with Gasteiger partial charge in [-0.25, -0.2) is 0 Å². The number of carbonyl (C=O) groups is 1. The molecule has 1 heterocycles. The maximum absolute atomic E-state index is 12.7. The van der Waals surface area contributed by atoms with Gasteiger partial charge in [-0.05, 0) is 30.9 Å². The Balaban J connectivity index is 2.06. The first-order valence-electron chi connectivity index (χ1n) is 9.59. The fourth-order valence-corrected chi connectivity index (χ4v) is 3.76. The van der Waals surface area contributed by atoms with Gasteiger partial charge < -0.3 is 15.4 Å². The van der Waals surface area contributed by atoms with E-state index in [1.54, 1.807) is 7.11 Å². The average molecular weight is 382 g/mol. The summed E-state index contributed by atoms with van der Waals surface area (Å²) in [5, 5.41) is 7.46. The maximum atomic E-state index is 12.7. The van der Waals surface area contributed by atoms with Crippen molar-refractivity contribution in [2.45, 2.75) is 57.8 Å². The Morgan fingerprint density at radius 2 is 2.08 bits per heavy atom. The minimum Gasteiger partial charge on any atom is -0.383 e. The van der Waals surface area contributed by atoms with E-state index in [1.807, 2.05) is 24.3 Å². The van der Waals surface area contributed by atoms with Gasteiger partial charge in [0.2, 0.25) is 5.91 Å². The summed E-state index contributed by atoms with van der Waals surface area (Å²) < 4.78 is 5.04. The van der Waals surface area contributed by atoms with Gasteiger partial charge in [-0.15, -0.1) is 0 Å². The van der Waals surface area contributed by atoms with Crippen molar-refractivity contribution in [3.05, 3.63) is 34.9 Å². The van der Waals surface area contributed by atoms with Crippen molar-refractivity contribution in [2.75, 3.05) is 26.8 Å². The van der Waals surface area contributed by atoms with E-state index in [2.05, 4.69) is 29.4 Å². The number of halogens is 1. The number of rotatable bonds is 10. The van der Waals surface area contributed by atoms with Gasteiger partial charge in [0.15, 0.2) is 0 Å². The van der Waals surface area contributed by atoms with Crippen molar-refractivity contribution in [3.8, 4) is 0 Å². The van der Waals surface area contributed by atoms with E-state index in [1.165, 1.54) is 0 Å². The Morgan fingerprint density at radius 1 is 1.35 bits per heavy atom. The summed E-state index contributed by atoms with van der Waals surface area (Å²) in [6.07, 6.45) is 3.02. The van der Waals surface area contributed by atoms with Crippen molar-refractivity contribution >= 4 is 17.5 Å². The molecule has 0 bridgehead atoms. The molecule has 0 saturated carbocycles. The lowest BCUT2D eigenvalue weighted by atomic mass is 10.1. The predicted octanol–water partition coefficient (Wildman–Crippen LogP) is 2.82. The Kier molecular flexibility index (Phi) is 8.85. The summed E-state index contributed by atoms with van der Waals surface area (Å²) in [7, 11) is 1.64. The first-order valence-corrected chi connectivity index (χ1v) is 9.96. The number of methoxy groups -OCH3 is 1. The van der Waals surface area contributed by atoms with Gasteiger partial charge >= 0.3 is 0 Å². The van der Waals surface area contributed by atoms with E-state index in [9.17, 15) is 4.79 Å². The second-order valence-corrected chi connectivity index (χ2v) is 7.34. The van der Waals surface area contributed by atoms with Gasteiger partial charge in [-0.1, -0.05) is 43.6 Å². The second-order valence-electron chi connectivity index (χ2n) is 6.93. The number of benzene rings is 1. The summed E-state index contributed by atoms with van der Waals surface area (Å²) in [4.78, 5) is 14.9. The predicted molar refractivity (Wildman–Crippen MR) is 106 cm³/mol. The molecule has 1 aliphatic rings. The highest BCUT2D eigenvalue weighted by molar-refractivity contribution is 6.31. The molecule has 0 aliphatic carbocycles. The summed E-state index contributed by atoms with van der Waals surface area (Å²) >= 11 is 6.34. The van der Waals surface area contributed by atoms with Gasteiger partial charge in [0.05, 0.1) is 12.6 Å². The van der Waals surface area contributed by atoms with E-state index in [0.717, 1.165) is 36.4 Å². The van der Waals surface area contributed by atoms with Gasteiger partial charge in [0.25, 0.3) is 0 Å². The molecular formula is C20H32ClN3O2. The molecule has 26 heavy (non-hydrogen) atoms. The van der Waals surface area contributed by atoms with Crippen molar-refractivity contribution in [2.24, 2.45) is 0 Å². The van der Waals surface area contributed by atoms with Gasteiger partial charge in [0.1, 0.15) is 0 Å². The zero-order chi connectivity index (χ0) is 18.9. The third-order valence-electron chi connectivity index (χ3n) is 5.10. The van der Waals surface area contributed by atoms with Crippen molar-refractivity contribution in [1.82, 2.24) is 15.5 Å². The molecule has 5 nitrogen and oxygen atoms in total. The summed E-state index contributed by atoms with van der Waals surface area (Å²) in [6, 6.07) is 8.53. The third kappa shape index (κ3) is 5.95. The van der Waals surface area contributed by atoms with Crippen LogP contribution in [0.4, 0.5) is 0 Å². The van der Waals surface area contributed by atoms with E-state index < -0.39 is 0 Å². The molecule has 1 fully saturated rings. The molecular weight excluding hydrogens is 350 g/mol. The van der Waals surface area contributed by atoms with Crippen LogP contribution in [0.2, 0.25) is 5.02 Å². The van der Waals surface area contributed by atoms with Crippen molar-refractivity contribution in [1.29, 1.82) is 0 Å². The van der Waals surface area contributed by atoms with Gasteiger partial charge in [-0.3, -0.25) is 9.69 Å². The molecule has 2 atom stereocenters. The normalized spacial score (nSPS) is 20.7. The molecule has 2 N–H and O–H groups in total. The monoisotopic (exact) mass is 381 g/mol. The highest BCUT2D eigenvalue weighted by Crippen LogP contribution is 2.25. The van der Waals surface area contributed by atoms with Crippen LogP contribution in [0.5, 0.6) is 0 Å². The number of ether oxygens (including phenoxy) is 1. The fraction of sp³-hybridized carbons (Fsp3) is 0.650. The highest BCUT2D eigenvalue weighted by atomic mass is 35.5. The Bertz CT molecular complexity index is 566. The number of carbonyl (C=O) groups excluding carboxylic acids is 1. The van der Waals surface area contributed by atoms with E-state index in [0.29, 0.717) is 31.8 Å². The number of nitrogens with one attached hydrogen (secondary N) is 2. The van der Waals surface area contributed by atoms with Crippen LogP contribution in [0.3, 0.4) is 0 Å². The van der Waals surface area contributed by atoms with Crippen molar-refractivity contribution in [3.63, 3.8) is 0 Å². The Labute approximate surface area is 162 Å². The molecule has 0 radical (unpaired) electrons. The molecule has 0 unspecified atom stereocenters. The molecule has 6 heteroatoms. The number of nitrogens with zero attached hydrogens (tertiary/aromatic N) is 1. The molecule has 0 aromatic heterocycles. The average Bonchev–Trinajstić information content (AvgIpc) is 3.04. The molecule has 1 aromatic rings. The summed E-state index contributed by atoms with van der Waals surface area (Å²) in [6.45, 7) is 7.00. The minimum absolute atomic E-state index is 0.0722. The topological polar surface area (TPSA) is 53.6 Å². The summed E-state index contributed by atoms with van der Waals surface area (Å²) in [5.41, 5.74) is 1.06.